The first kappa shape index (κ1) is 13.2. The summed E-state index contributed by atoms with van der Waals surface area (Å²) in [7, 11) is 0. The molecule has 1 N–H and O–H groups in total. The topological polar surface area (TPSA) is 40.5 Å². The molecule has 0 aliphatic carbocycles. The summed E-state index contributed by atoms with van der Waals surface area (Å²) in [6.07, 6.45) is 1.21. The van der Waals surface area contributed by atoms with Crippen molar-refractivity contribution >= 4 is 17.7 Å². The fourth-order valence-electron chi connectivity index (χ4n) is 3.09. The lowest BCUT2D eigenvalue weighted by molar-refractivity contribution is -0.142. The van der Waals surface area contributed by atoms with Crippen LogP contribution in [0.25, 0.3) is 0 Å². The molecule has 2 aliphatic rings. The lowest BCUT2D eigenvalue weighted by Crippen LogP contribution is -2.42. The SMILES string of the molecule is C[C@@H]1CN(C2CSCC(C)(C)C2)C[C@H]1C(=O)O. The Morgan fingerprint density at radius 1 is 1.41 bits per heavy atom. The predicted molar refractivity (Wildman–Crippen MR) is 71.4 cm³/mol. The maximum absolute atomic E-state index is 11.1. The van der Waals surface area contributed by atoms with Crippen LogP contribution in [0.2, 0.25) is 0 Å². The van der Waals surface area contributed by atoms with Crippen LogP contribution in [-0.2, 0) is 4.79 Å². The molecule has 3 atom stereocenters. The Bertz CT molecular complexity index is 306. The number of thioether (sulfide) groups is 1. The maximum Gasteiger partial charge on any atom is 0.308 e. The van der Waals surface area contributed by atoms with Crippen molar-refractivity contribution in [2.45, 2.75) is 33.2 Å². The molecule has 1 unspecified atom stereocenters. The van der Waals surface area contributed by atoms with E-state index in [0.29, 0.717) is 17.4 Å². The van der Waals surface area contributed by atoms with E-state index >= 15 is 0 Å². The van der Waals surface area contributed by atoms with Crippen LogP contribution >= 0.6 is 11.8 Å². The number of likely N-dealkylation sites (tertiary alicyclic amines) is 1. The zero-order valence-corrected chi connectivity index (χ0v) is 11.8. The minimum absolute atomic E-state index is 0.162. The van der Waals surface area contributed by atoms with Gasteiger partial charge in [0.1, 0.15) is 0 Å². The molecule has 0 aromatic rings. The minimum Gasteiger partial charge on any atom is -0.481 e. The van der Waals surface area contributed by atoms with Gasteiger partial charge >= 0.3 is 5.97 Å². The number of hydrogen-bond acceptors (Lipinski definition) is 3. The Labute approximate surface area is 108 Å². The Hall–Kier alpha value is -0.220. The van der Waals surface area contributed by atoms with Crippen LogP contribution in [0.5, 0.6) is 0 Å². The van der Waals surface area contributed by atoms with Crippen LogP contribution in [-0.4, -0.2) is 46.6 Å². The van der Waals surface area contributed by atoms with E-state index in [2.05, 4.69) is 25.7 Å². The van der Waals surface area contributed by atoms with Gasteiger partial charge in [0.25, 0.3) is 0 Å². The summed E-state index contributed by atoms with van der Waals surface area (Å²) in [4.78, 5) is 13.5. The number of rotatable bonds is 2. The van der Waals surface area contributed by atoms with Crippen molar-refractivity contribution in [2.24, 2.45) is 17.3 Å². The van der Waals surface area contributed by atoms with E-state index in [1.165, 1.54) is 17.9 Å². The molecule has 17 heavy (non-hydrogen) atoms. The van der Waals surface area contributed by atoms with E-state index < -0.39 is 5.97 Å². The number of carboxylic acids is 1. The Morgan fingerprint density at radius 2 is 2.12 bits per heavy atom. The average molecular weight is 257 g/mol. The number of carboxylic acid groups (broad SMARTS) is 1. The average Bonchev–Trinajstić information content (AvgIpc) is 2.59. The second-order valence-corrected chi connectivity index (χ2v) is 7.44. The summed E-state index contributed by atoms with van der Waals surface area (Å²) in [6.45, 7) is 8.41. The first-order valence-electron chi connectivity index (χ1n) is 6.44. The van der Waals surface area contributed by atoms with Gasteiger partial charge in [0.15, 0.2) is 0 Å². The molecule has 0 bridgehead atoms. The summed E-state index contributed by atoms with van der Waals surface area (Å²) in [5, 5.41) is 9.17. The molecule has 0 saturated carbocycles. The van der Waals surface area contributed by atoms with Crippen LogP contribution in [0, 0.1) is 17.3 Å². The molecule has 3 nitrogen and oxygen atoms in total. The predicted octanol–water partition coefficient (Wildman–Crippen LogP) is 2.17. The zero-order chi connectivity index (χ0) is 12.6. The van der Waals surface area contributed by atoms with E-state index in [1.807, 2.05) is 11.8 Å². The summed E-state index contributed by atoms with van der Waals surface area (Å²) in [5.74, 6) is 1.91. The molecule has 2 aliphatic heterocycles. The van der Waals surface area contributed by atoms with Gasteiger partial charge in [-0.3, -0.25) is 9.69 Å². The van der Waals surface area contributed by atoms with E-state index in [1.54, 1.807) is 0 Å². The van der Waals surface area contributed by atoms with Gasteiger partial charge in [0, 0.05) is 24.9 Å². The van der Waals surface area contributed by atoms with Gasteiger partial charge < -0.3 is 5.11 Å². The summed E-state index contributed by atoms with van der Waals surface area (Å²) < 4.78 is 0. The lowest BCUT2D eigenvalue weighted by Gasteiger charge is -2.39. The third-order valence-electron chi connectivity index (χ3n) is 4.07. The van der Waals surface area contributed by atoms with Gasteiger partial charge in [-0.05, 0) is 23.5 Å². The van der Waals surface area contributed by atoms with Gasteiger partial charge in [-0.25, -0.2) is 0 Å². The summed E-state index contributed by atoms with van der Waals surface area (Å²) >= 11 is 2.02. The van der Waals surface area contributed by atoms with Crippen LogP contribution < -0.4 is 0 Å². The first-order valence-corrected chi connectivity index (χ1v) is 7.59. The highest BCUT2D eigenvalue weighted by molar-refractivity contribution is 7.99. The highest BCUT2D eigenvalue weighted by Crippen LogP contribution is 2.38. The standard InChI is InChI=1S/C13H23NO2S/c1-9-5-14(6-11(9)12(15)16)10-4-13(2,3)8-17-7-10/h9-11H,4-8H2,1-3H3,(H,15,16)/t9-,10?,11-/m1/s1. The van der Waals surface area contributed by atoms with Gasteiger partial charge in [0.05, 0.1) is 5.92 Å². The van der Waals surface area contributed by atoms with E-state index in [0.717, 1.165) is 13.1 Å². The van der Waals surface area contributed by atoms with Crippen molar-refractivity contribution in [3.05, 3.63) is 0 Å². The molecule has 2 saturated heterocycles. The lowest BCUT2D eigenvalue weighted by atomic mass is 9.87. The monoisotopic (exact) mass is 257 g/mol. The van der Waals surface area contributed by atoms with Gasteiger partial charge in [-0.15, -0.1) is 0 Å². The highest BCUT2D eigenvalue weighted by Gasteiger charge is 2.40. The second-order valence-electron chi connectivity index (χ2n) is 6.41. The Morgan fingerprint density at radius 3 is 2.65 bits per heavy atom. The summed E-state index contributed by atoms with van der Waals surface area (Å²) in [5.41, 5.74) is 0.401. The summed E-state index contributed by atoms with van der Waals surface area (Å²) in [6, 6.07) is 0.579. The van der Waals surface area contributed by atoms with Crippen molar-refractivity contribution in [2.75, 3.05) is 24.6 Å². The highest BCUT2D eigenvalue weighted by atomic mass is 32.2. The fraction of sp³-hybridized carbons (Fsp3) is 0.923. The number of nitrogens with zero attached hydrogens (tertiary/aromatic N) is 1. The Kier molecular flexibility index (Phi) is 3.74. The van der Waals surface area contributed by atoms with Gasteiger partial charge in [-0.2, -0.15) is 11.8 Å². The zero-order valence-electron chi connectivity index (χ0n) is 11.0. The molecule has 2 heterocycles. The molecule has 0 radical (unpaired) electrons. The molecular formula is C13H23NO2S. The molecule has 4 heteroatoms. The normalized spacial score (nSPS) is 38.2. The van der Waals surface area contributed by atoms with Crippen molar-refractivity contribution in [1.29, 1.82) is 0 Å². The fourth-order valence-corrected chi connectivity index (χ4v) is 4.47. The molecule has 2 rings (SSSR count). The molecular weight excluding hydrogens is 234 g/mol. The number of hydrogen-bond donors (Lipinski definition) is 1. The van der Waals surface area contributed by atoms with E-state index in [9.17, 15) is 9.90 Å². The molecule has 98 valence electrons. The molecule has 0 amide bonds. The number of carbonyl (C=O) groups is 1. The van der Waals surface area contributed by atoms with Gasteiger partial charge in [-0.1, -0.05) is 20.8 Å². The van der Waals surface area contributed by atoms with E-state index in [-0.39, 0.29) is 5.92 Å². The first-order chi connectivity index (χ1) is 7.89. The van der Waals surface area contributed by atoms with Crippen molar-refractivity contribution in [3.8, 4) is 0 Å². The van der Waals surface area contributed by atoms with Crippen LogP contribution in [0.4, 0.5) is 0 Å². The van der Waals surface area contributed by atoms with Crippen LogP contribution in [0.1, 0.15) is 27.2 Å². The van der Waals surface area contributed by atoms with Crippen LogP contribution in [0.15, 0.2) is 0 Å². The quantitative estimate of drug-likeness (QED) is 0.823. The largest absolute Gasteiger partial charge is 0.481 e. The Balaban J connectivity index is 1.98. The third kappa shape index (κ3) is 2.97. The molecule has 0 aromatic heterocycles. The second kappa shape index (κ2) is 4.81. The third-order valence-corrected chi connectivity index (χ3v) is 5.67. The smallest absolute Gasteiger partial charge is 0.308 e. The van der Waals surface area contributed by atoms with E-state index in [4.69, 9.17) is 0 Å². The van der Waals surface area contributed by atoms with Crippen molar-refractivity contribution in [1.82, 2.24) is 4.90 Å². The molecule has 2 fully saturated rings. The molecule has 0 spiro atoms. The minimum atomic E-state index is -0.622. The van der Waals surface area contributed by atoms with Crippen molar-refractivity contribution in [3.63, 3.8) is 0 Å². The van der Waals surface area contributed by atoms with Gasteiger partial charge in [0.2, 0.25) is 0 Å². The number of aliphatic carboxylic acids is 1. The molecule has 0 aromatic carbocycles. The van der Waals surface area contributed by atoms with Crippen molar-refractivity contribution < 1.29 is 9.90 Å². The van der Waals surface area contributed by atoms with Crippen LogP contribution in [0.3, 0.4) is 0 Å². The maximum atomic E-state index is 11.1.